The Morgan fingerprint density at radius 1 is 0.667 bits per heavy atom. The molecule has 4 N–H and O–H groups in total. The van der Waals surface area contributed by atoms with Gasteiger partial charge < -0.3 is 44.9 Å². The van der Waals surface area contributed by atoms with Crippen LogP contribution in [0.4, 0.5) is 0 Å². The summed E-state index contributed by atoms with van der Waals surface area (Å²) in [5.41, 5.74) is 5.25. The van der Waals surface area contributed by atoms with Gasteiger partial charge in [0.05, 0.1) is 37.9 Å². The molecule has 0 radical (unpaired) electrons. The van der Waals surface area contributed by atoms with Crippen LogP contribution in [0.1, 0.15) is 87.0 Å². The zero-order valence-electron chi connectivity index (χ0n) is 31.1. The summed E-state index contributed by atoms with van der Waals surface area (Å²) < 4.78 is 30.2. The first-order chi connectivity index (χ1) is 23.5. The SMILES string of the molecule is CC(=N)CCCCC(N)C(=O)CCCOCCOCCNC(=O)COCC(COC(=O)C(C)(C)Br)(COC(=O)C(C)(C)Br)COC(=O)C(C)(C)Br. The van der Waals surface area contributed by atoms with Crippen LogP contribution in [0.2, 0.25) is 0 Å². The maximum absolute atomic E-state index is 12.6. The number of rotatable bonds is 29. The molecule has 0 bridgehead atoms. The van der Waals surface area contributed by atoms with Crippen molar-refractivity contribution >= 4 is 83.1 Å². The van der Waals surface area contributed by atoms with E-state index in [0.717, 1.165) is 19.3 Å². The molecule has 1 atom stereocenters. The van der Waals surface area contributed by atoms with E-state index in [-0.39, 0.29) is 52.0 Å². The van der Waals surface area contributed by atoms with Crippen molar-refractivity contribution in [2.24, 2.45) is 11.1 Å². The molecule has 0 spiro atoms. The highest BCUT2D eigenvalue weighted by atomic mass is 79.9. The van der Waals surface area contributed by atoms with Crippen LogP contribution in [0.15, 0.2) is 0 Å². The van der Waals surface area contributed by atoms with E-state index in [1.54, 1.807) is 48.5 Å². The fourth-order valence-electron chi connectivity index (χ4n) is 3.87. The normalized spacial score (nSPS) is 12.9. The molecule has 0 aliphatic rings. The number of nitrogens with one attached hydrogen (secondary N) is 2. The Morgan fingerprint density at radius 3 is 1.59 bits per heavy atom. The molecule has 0 saturated heterocycles. The third-order valence-corrected chi connectivity index (χ3v) is 7.98. The quantitative estimate of drug-likeness (QED) is 0.0311. The zero-order valence-corrected chi connectivity index (χ0v) is 35.9. The van der Waals surface area contributed by atoms with E-state index in [1.807, 2.05) is 0 Å². The molecular formula is C34H58Br3N3O11. The van der Waals surface area contributed by atoms with Crippen LogP contribution < -0.4 is 11.1 Å². The van der Waals surface area contributed by atoms with Crippen LogP contribution in [0.5, 0.6) is 0 Å². The molecule has 0 rings (SSSR count). The van der Waals surface area contributed by atoms with Crippen LogP contribution >= 0.6 is 47.8 Å². The summed E-state index contributed by atoms with van der Waals surface area (Å²) in [6.45, 7) is 11.1. The van der Waals surface area contributed by atoms with Gasteiger partial charge in [-0.25, -0.2) is 0 Å². The number of alkyl halides is 3. The minimum atomic E-state index is -1.35. The smallest absolute Gasteiger partial charge is 0.322 e. The number of hydrogen-bond donors (Lipinski definition) is 3. The minimum absolute atomic E-state index is 0.0123. The number of unbranched alkanes of at least 4 members (excludes halogenated alkanes) is 1. The van der Waals surface area contributed by atoms with Crippen molar-refractivity contribution in [3.63, 3.8) is 0 Å². The van der Waals surface area contributed by atoms with Crippen LogP contribution in [0, 0.1) is 10.8 Å². The van der Waals surface area contributed by atoms with Crippen molar-refractivity contribution in [1.29, 1.82) is 5.41 Å². The van der Waals surface area contributed by atoms with Gasteiger partial charge in [-0.3, -0.25) is 24.0 Å². The number of amides is 1. The number of carbonyl (C=O) groups is 5. The van der Waals surface area contributed by atoms with Gasteiger partial charge in [-0.2, -0.15) is 0 Å². The topological polar surface area (TPSA) is 203 Å². The maximum atomic E-state index is 12.6. The average Bonchev–Trinajstić information content (AvgIpc) is 3.02. The molecule has 1 amide bonds. The monoisotopic (exact) mass is 921 g/mol. The van der Waals surface area contributed by atoms with Crippen molar-refractivity contribution in [3.05, 3.63) is 0 Å². The molecule has 1 unspecified atom stereocenters. The molecule has 0 aromatic rings. The number of ether oxygens (including phenoxy) is 6. The fourth-order valence-corrected chi connectivity index (χ4v) is 4.21. The van der Waals surface area contributed by atoms with E-state index in [1.165, 1.54) is 0 Å². The number of hydrogen-bond acceptors (Lipinski definition) is 13. The van der Waals surface area contributed by atoms with Crippen molar-refractivity contribution in [1.82, 2.24) is 5.32 Å². The summed E-state index contributed by atoms with van der Waals surface area (Å²) in [5.74, 6) is -2.27. The molecule has 296 valence electrons. The molecule has 0 aliphatic carbocycles. The predicted molar refractivity (Wildman–Crippen MR) is 204 cm³/mol. The highest BCUT2D eigenvalue weighted by molar-refractivity contribution is 9.10. The Morgan fingerprint density at radius 2 is 1.14 bits per heavy atom. The number of halogens is 3. The number of ketones is 1. The second-order valence-electron chi connectivity index (χ2n) is 13.9. The zero-order chi connectivity index (χ0) is 39.3. The Kier molecular flexibility index (Phi) is 24.0. The highest BCUT2D eigenvalue weighted by Gasteiger charge is 2.41. The van der Waals surface area contributed by atoms with Crippen LogP contribution in [0.25, 0.3) is 0 Å². The molecule has 0 saturated carbocycles. The number of carbonyl (C=O) groups excluding carboxylic acids is 5. The van der Waals surface area contributed by atoms with Crippen LogP contribution in [-0.2, 0) is 52.4 Å². The molecule has 0 aliphatic heterocycles. The van der Waals surface area contributed by atoms with Gasteiger partial charge in [-0.1, -0.05) is 54.2 Å². The average molecular weight is 925 g/mol. The molecule has 17 heteroatoms. The first kappa shape index (κ1) is 49.5. The Hall–Kier alpha value is -1.50. The summed E-state index contributed by atoms with van der Waals surface area (Å²) in [6, 6.07) is -0.480. The van der Waals surface area contributed by atoms with Gasteiger partial charge in [0.2, 0.25) is 5.91 Å². The van der Waals surface area contributed by atoms with Gasteiger partial charge in [0.1, 0.15) is 45.2 Å². The Balaban J connectivity index is 4.81. The fraction of sp³-hybridized carbons (Fsp3) is 0.824. The number of esters is 3. The van der Waals surface area contributed by atoms with E-state index in [9.17, 15) is 24.0 Å². The number of nitrogens with two attached hydrogens (primary N) is 1. The summed E-state index contributed by atoms with van der Waals surface area (Å²) in [4.78, 5) is 62.5. The lowest BCUT2D eigenvalue weighted by molar-refractivity contribution is -0.170. The third kappa shape index (κ3) is 24.4. The van der Waals surface area contributed by atoms with Crippen molar-refractivity contribution in [2.45, 2.75) is 106 Å². The Bertz CT molecular complexity index is 1050. The lowest BCUT2D eigenvalue weighted by Gasteiger charge is -2.34. The lowest BCUT2D eigenvalue weighted by atomic mass is 9.92. The van der Waals surface area contributed by atoms with Crippen molar-refractivity contribution < 1.29 is 52.4 Å². The van der Waals surface area contributed by atoms with E-state index >= 15 is 0 Å². The first-order valence-electron chi connectivity index (χ1n) is 16.9. The van der Waals surface area contributed by atoms with E-state index in [0.29, 0.717) is 44.8 Å². The molecule has 14 nitrogen and oxygen atoms in total. The maximum Gasteiger partial charge on any atom is 0.322 e. The lowest BCUT2D eigenvalue weighted by Crippen LogP contribution is -2.47. The van der Waals surface area contributed by atoms with Gasteiger partial charge >= 0.3 is 17.9 Å². The van der Waals surface area contributed by atoms with Gasteiger partial charge in [0.25, 0.3) is 0 Å². The second-order valence-corrected chi connectivity index (χ2v) is 19.9. The molecule has 0 aromatic carbocycles. The minimum Gasteiger partial charge on any atom is -0.464 e. The summed E-state index contributed by atoms with van der Waals surface area (Å²) >= 11 is 9.77. The van der Waals surface area contributed by atoms with Gasteiger partial charge in [-0.05, 0) is 74.1 Å². The van der Waals surface area contributed by atoms with Gasteiger partial charge in [-0.15, -0.1) is 0 Å². The summed E-state index contributed by atoms with van der Waals surface area (Å²) in [7, 11) is 0. The predicted octanol–water partition coefficient (Wildman–Crippen LogP) is 4.57. The standard InChI is InChI=1S/C34H58Br3N3O11/c1-24(38)11-8-9-12-25(39)26(41)13-10-15-46-17-18-47-16-14-40-27(42)19-48-20-34(21-49-28(43)31(2,3)35,22-50-29(44)32(4,5)36)23-51-30(45)33(6,7)37/h25,38H,8-23,39H2,1-7H3,(H,40,42). The Labute approximate surface area is 327 Å². The van der Waals surface area contributed by atoms with Crippen molar-refractivity contribution in [3.8, 4) is 0 Å². The van der Waals surface area contributed by atoms with Crippen molar-refractivity contribution in [2.75, 3.05) is 66.0 Å². The summed E-state index contributed by atoms with van der Waals surface area (Å²) in [6.07, 6.45) is 3.95. The molecule has 0 aromatic heterocycles. The highest BCUT2D eigenvalue weighted by Crippen LogP contribution is 2.27. The largest absolute Gasteiger partial charge is 0.464 e. The van der Waals surface area contributed by atoms with E-state index < -0.39 is 48.2 Å². The van der Waals surface area contributed by atoms with Crippen LogP contribution in [0.3, 0.4) is 0 Å². The molecule has 0 fully saturated rings. The molecule has 51 heavy (non-hydrogen) atoms. The van der Waals surface area contributed by atoms with Gasteiger partial charge in [0.15, 0.2) is 0 Å². The molecular weight excluding hydrogens is 866 g/mol. The van der Waals surface area contributed by atoms with Crippen LogP contribution in [-0.4, -0.2) is 120 Å². The van der Waals surface area contributed by atoms with Gasteiger partial charge in [0, 0.05) is 25.3 Å². The first-order valence-corrected chi connectivity index (χ1v) is 19.3. The van der Waals surface area contributed by atoms with E-state index in [4.69, 9.17) is 39.6 Å². The van der Waals surface area contributed by atoms with E-state index in [2.05, 4.69) is 53.1 Å². The number of Topliss-reactive ketones (excluding diaryl/α,β-unsaturated/α-hetero) is 1. The molecule has 0 heterocycles. The second kappa shape index (κ2) is 24.7. The third-order valence-electron chi connectivity index (χ3n) is 7.01. The summed E-state index contributed by atoms with van der Waals surface area (Å²) in [5, 5.41) is 10.1.